The average molecular weight is 417 g/mol. The van der Waals surface area contributed by atoms with Crippen LogP contribution < -0.4 is 5.32 Å². The second-order valence-corrected chi connectivity index (χ2v) is 7.98. The van der Waals surface area contributed by atoms with Gasteiger partial charge in [0.15, 0.2) is 5.13 Å². The van der Waals surface area contributed by atoms with Crippen molar-refractivity contribution in [1.82, 2.24) is 4.98 Å². The highest BCUT2D eigenvalue weighted by molar-refractivity contribution is 7.14. The fourth-order valence-electron chi connectivity index (χ4n) is 2.43. The number of hydrogen-bond donors (Lipinski definition) is 1. The van der Waals surface area contributed by atoms with E-state index in [-0.39, 0.29) is 5.91 Å². The predicted octanol–water partition coefficient (Wildman–Crippen LogP) is 6.89. The van der Waals surface area contributed by atoms with Gasteiger partial charge < -0.3 is 0 Å². The third kappa shape index (κ3) is 5.19. The lowest BCUT2D eigenvalue weighted by Crippen LogP contribution is -2.07. The maximum absolute atomic E-state index is 12.1. The van der Waals surface area contributed by atoms with Gasteiger partial charge in [0.1, 0.15) is 0 Å². The maximum Gasteiger partial charge on any atom is 0.250 e. The van der Waals surface area contributed by atoms with Crippen molar-refractivity contribution in [2.45, 2.75) is 19.8 Å². The first-order valence-electron chi connectivity index (χ1n) is 8.42. The van der Waals surface area contributed by atoms with Crippen LogP contribution in [0, 0.1) is 0 Å². The van der Waals surface area contributed by atoms with Gasteiger partial charge in [-0.15, -0.1) is 11.3 Å². The van der Waals surface area contributed by atoms with Crippen LogP contribution in [0.3, 0.4) is 0 Å². The zero-order chi connectivity index (χ0) is 19.4. The SMILES string of the molecule is CC(C)c1ccc(C=CC(=O)Nc2nc(-c3ccc(Cl)c(Cl)c3)cs2)cc1. The van der Waals surface area contributed by atoms with E-state index in [0.29, 0.717) is 21.1 Å². The summed E-state index contributed by atoms with van der Waals surface area (Å²) in [7, 11) is 0. The Morgan fingerprint density at radius 1 is 1.11 bits per heavy atom. The number of halogens is 2. The molecule has 0 fully saturated rings. The zero-order valence-electron chi connectivity index (χ0n) is 14.9. The van der Waals surface area contributed by atoms with Gasteiger partial charge in [0, 0.05) is 17.0 Å². The summed E-state index contributed by atoms with van der Waals surface area (Å²) in [6.07, 6.45) is 3.29. The zero-order valence-corrected chi connectivity index (χ0v) is 17.2. The lowest BCUT2D eigenvalue weighted by Gasteiger charge is -2.04. The summed E-state index contributed by atoms with van der Waals surface area (Å²) in [5.41, 5.74) is 3.84. The minimum absolute atomic E-state index is 0.224. The minimum atomic E-state index is -0.224. The number of carbonyl (C=O) groups excluding carboxylic acids is 1. The molecule has 0 aliphatic carbocycles. The van der Waals surface area contributed by atoms with Crippen LogP contribution in [0.15, 0.2) is 53.9 Å². The van der Waals surface area contributed by atoms with Gasteiger partial charge in [-0.1, -0.05) is 67.4 Å². The topological polar surface area (TPSA) is 42.0 Å². The summed E-state index contributed by atoms with van der Waals surface area (Å²) >= 11 is 13.3. The molecular weight excluding hydrogens is 399 g/mol. The maximum atomic E-state index is 12.1. The number of nitrogens with zero attached hydrogens (tertiary/aromatic N) is 1. The Labute approximate surface area is 172 Å². The van der Waals surface area contributed by atoms with Crippen LogP contribution in [0.25, 0.3) is 17.3 Å². The molecule has 3 aromatic rings. The van der Waals surface area contributed by atoms with Crippen LogP contribution in [0.4, 0.5) is 5.13 Å². The summed E-state index contributed by atoms with van der Waals surface area (Å²) < 4.78 is 0. The third-order valence-corrected chi connectivity index (χ3v) is 5.48. The highest BCUT2D eigenvalue weighted by Gasteiger charge is 2.08. The fourth-order valence-corrected chi connectivity index (χ4v) is 3.45. The number of benzene rings is 2. The number of nitrogens with one attached hydrogen (secondary N) is 1. The van der Waals surface area contributed by atoms with E-state index in [4.69, 9.17) is 23.2 Å². The Hall–Kier alpha value is -2.14. The second kappa shape index (κ2) is 8.70. The summed E-state index contributed by atoms with van der Waals surface area (Å²) in [4.78, 5) is 16.6. The Kier molecular flexibility index (Phi) is 6.32. The molecule has 138 valence electrons. The van der Waals surface area contributed by atoms with E-state index in [1.54, 1.807) is 18.2 Å². The number of thiazole rings is 1. The van der Waals surface area contributed by atoms with Gasteiger partial charge in [-0.05, 0) is 35.3 Å². The van der Waals surface area contributed by atoms with E-state index < -0.39 is 0 Å². The highest BCUT2D eigenvalue weighted by atomic mass is 35.5. The molecule has 27 heavy (non-hydrogen) atoms. The fraction of sp³-hybridized carbons (Fsp3) is 0.143. The van der Waals surface area contributed by atoms with Crippen molar-refractivity contribution < 1.29 is 4.79 Å². The molecule has 0 unspecified atom stereocenters. The van der Waals surface area contributed by atoms with Gasteiger partial charge in [0.25, 0.3) is 0 Å². The van der Waals surface area contributed by atoms with Gasteiger partial charge in [-0.25, -0.2) is 4.98 Å². The van der Waals surface area contributed by atoms with Crippen molar-refractivity contribution in [3.05, 3.63) is 75.1 Å². The van der Waals surface area contributed by atoms with Gasteiger partial charge in [0.05, 0.1) is 15.7 Å². The van der Waals surface area contributed by atoms with Crippen molar-refractivity contribution in [1.29, 1.82) is 0 Å². The lowest BCUT2D eigenvalue weighted by atomic mass is 10.0. The van der Waals surface area contributed by atoms with Crippen molar-refractivity contribution in [3.63, 3.8) is 0 Å². The third-order valence-electron chi connectivity index (χ3n) is 3.98. The Morgan fingerprint density at radius 2 is 1.85 bits per heavy atom. The monoisotopic (exact) mass is 416 g/mol. The van der Waals surface area contributed by atoms with Crippen molar-refractivity contribution in [2.24, 2.45) is 0 Å². The van der Waals surface area contributed by atoms with E-state index in [1.807, 2.05) is 23.6 Å². The number of amides is 1. The molecule has 0 radical (unpaired) electrons. The number of hydrogen-bond acceptors (Lipinski definition) is 3. The standard InChI is InChI=1S/C21H18Cl2N2OS/c1-13(2)15-6-3-14(4-7-15)5-10-20(26)25-21-24-19(12-27-21)16-8-9-17(22)18(23)11-16/h3-13H,1-2H3,(H,24,25,26). The van der Waals surface area contributed by atoms with Crippen LogP contribution in [0.2, 0.25) is 10.0 Å². The van der Waals surface area contributed by atoms with Crippen LogP contribution in [0.1, 0.15) is 30.9 Å². The molecule has 1 N–H and O–H groups in total. The van der Waals surface area contributed by atoms with E-state index in [0.717, 1.165) is 16.8 Å². The number of rotatable bonds is 5. The van der Waals surface area contributed by atoms with Crippen molar-refractivity contribution >= 4 is 51.7 Å². The summed E-state index contributed by atoms with van der Waals surface area (Å²) in [5, 5.41) is 6.14. The van der Waals surface area contributed by atoms with Crippen LogP contribution in [0.5, 0.6) is 0 Å². The first-order chi connectivity index (χ1) is 12.9. The van der Waals surface area contributed by atoms with E-state index >= 15 is 0 Å². The average Bonchev–Trinajstić information content (AvgIpc) is 3.11. The van der Waals surface area contributed by atoms with E-state index in [1.165, 1.54) is 23.0 Å². The molecule has 0 saturated carbocycles. The first kappa shape index (κ1) is 19.6. The Morgan fingerprint density at radius 3 is 2.52 bits per heavy atom. The highest BCUT2D eigenvalue weighted by Crippen LogP contribution is 2.30. The molecule has 3 rings (SSSR count). The summed E-state index contributed by atoms with van der Waals surface area (Å²) in [5.74, 6) is 0.263. The minimum Gasteiger partial charge on any atom is -0.298 e. The number of anilines is 1. The molecule has 0 bridgehead atoms. The summed E-state index contributed by atoms with van der Waals surface area (Å²) in [6, 6.07) is 13.5. The largest absolute Gasteiger partial charge is 0.298 e. The van der Waals surface area contributed by atoms with Gasteiger partial charge in [-0.2, -0.15) is 0 Å². The Bertz CT molecular complexity index is 978. The van der Waals surface area contributed by atoms with Gasteiger partial charge >= 0.3 is 0 Å². The van der Waals surface area contributed by atoms with Crippen LogP contribution in [-0.4, -0.2) is 10.9 Å². The van der Waals surface area contributed by atoms with Crippen molar-refractivity contribution in [3.8, 4) is 11.3 Å². The van der Waals surface area contributed by atoms with Gasteiger partial charge in [0.2, 0.25) is 5.91 Å². The summed E-state index contributed by atoms with van der Waals surface area (Å²) in [6.45, 7) is 4.30. The van der Waals surface area contributed by atoms with E-state index in [9.17, 15) is 4.79 Å². The normalized spacial score (nSPS) is 11.3. The smallest absolute Gasteiger partial charge is 0.250 e. The predicted molar refractivity (Wildman–Crippen MR) is 116 cm³/mol. The first-order valence-corrected chi connectivity index (χ1v) is 10.1. The molecule has 0 aliphatic heterocycles. The van der Waals surface area contributed by atoms with Crippen molar-refractivity contribution in [2.75, 3.05) is 5.32 Å². The molecule has 3 nitrogen and oxygen atoms in total. The number of aromatic nitrogens is 1. The molecule has 6 heteroatoms. The molecule has 1 heterocycles. The van der Waals surface area contributed by atoms with E-state index in [2.05, 4.69) is 36.3 Å². The molecule has 0 atom stereocenters. The molecule has 0 aliphatic rings. The molecule has 1 amide bonds. The second-order valence-electron chi connectivity index (χ2n) is 6.31. The molecule has 1 aromatic heterocycles. The van der Waals surface area contributed by atoms with Crippen LogP contribution >= 0.6 is 34.5 Å². The van der Waals surface area contributed by atoms with Gasteiger partial charge in [-0.3, -0.25) is 10.1 Å². The lowest BCUT2D eigenvalue weighted by molar-refractivity contribution is -0.111. The molecular formula is C21H18Cl2N2OS. The molecule has 0 spiro atoms. The molecule has 2 aromatic carbocycles. The van der Waals surface area contributed by atoms with Crippen LogP contribution in [-0.2, 0) is 4.79 Å². The molecule has 0 saturated heterocycles. The Balaban J connectivity index is 1.64. The quantitative estimate of drug-likeness (QED) is 0.459. The number of carbonyl (C=O) groups is 1.